The third-order valence-electron chi connectivity index (χ3n) is 2.73. The van der Waals surface area contributed by atoms with Gasteiger partial charge in [-0.2, -0.15) is 0 Å². The molecule has 0 saturated carbocycles. The lowest BCUT2D eigenvalue weighted by molar-refractivity contribution is -0.122. The van der Waals surface area contributed by atoms with E-state index in [0.29, 0.717) is 32.1 Å². The first-order chi connectivity index (χ1) is 9.24. The number of urea groups is 1. The Morgan fingerprint density at radius 1 is 1.32 bits per heavy atom. The van der Waals surface area contributed by atoms with Gasteiger partial charge in [-0.25, -0.2) is 4.79 Å². The quantitative estimate of drug-likeness (QED) is 0.798. The van der Waals surface area contributed by atoms with Gasteiger partial charge in [-0.15, -0.1) is 0 Å². The number of furan rings is 1. The van der Waals surface area contributed by atoms with E-state index in [1.54, 1.807) is 12.1 Å². The average Bonchev–Trinajstić information content (AvgIpc) is 2.90. The van der Waals surface area contributed by atoms with Crippen molar-refractivity contribution in [3.8, 4) is 0 Å². The molecule has 1 aliphatic heterocycles. The van der Waals surface area contributed by atoms with E-state index in [1.165, 1.54) is 6.26 Å². The van der Waals surface area contributed by atoms with Gasteiger partial charge in [0.15, 0.2) is 0 Å². The first-order valence-corrected chi connectivity index (χ1v) is 6.14. The third kappa shape index (κ3) is 4.72. The number of imide groups is 1. The lowest BCUT2D eigenvalue weighted by Gasteiger charge is -2.25. The van der Waals surface area contributed by atoms with E-state index in [1.807, 2.05) is 4.90 Å². The van der Waals surface area contributed by atoms with Crippen molar-refractivity contribution in [3.63, 3.8) is 0 Å². The maximum Gasteiger partial charge on any atom is 0.321 e. The molecule has 2 rings (SSSR count). The molecule has 104 valence electrons. The maximum atomic E-state index is 11.6. The second-order valence-corrected chi connectivity index (χ2v) is 4.20. The van der Waals surface area contributed by atoms with Gasteiger partial charge in [0.2, 0.25) is 5.91 Å². The zero-order valence-corrected chi connectivity index (χ0v) is 10.6. The first-order valence-electron chi connectivity index (χ1n) is 6.14. The second kappa shape index (κ2) is 6.91. The van der Waals surface area contributed by atoms with E-state index < -0.39 is 6.03 Å². The highest BCUT2D eigenvalue weighted by Crippen LogP contribution is 1.98. The van der Waals surface area contributed by atoms with Crippen molar-refractivity contribution in [2.24, 2.45) is 0 Å². The minimum absolute atomic E-state index is 0.206. The minimum atomic E-state index is -0.519. The number of nitrogens with one attached hydrogen (secondary N) is 2. The van der Waals surface area contributed by atoms with Crippen LogP contribution in [-0.4, -0.2) is 49.7 Å². The molecule has 0 unspecified atom stereocenters. The highest BCUT2D eigenvalue weighted by molar-refractivity contribution is 5.95. The summed E-state index contributed by atoms with van der Waals surface area (Å²) in [5, 5.41) is 4.82. The van der Waals surface area contributed by atoms with Crippen LogP contribution in [0.25, 0.3) is 0 Å². The van der Waals surface area contributed by atoms with Gasteiger partial charge >= 0.3 is 6.03 Å². The van der Waals surface area contributed by atoms with Gasteiger partial charge in [0.05, 0.1) is 32.6 Å². The molecule has 0 aromatic carbocycles. The summed E-state index contributed by atoms with van der Waals surface area (Å²) in [6.07, 6.45) is 1.53. The van der Waals surface area contributed by atoms with Gasteiger partial charge in [0.25, 0.3) is 0 Å². The molecule has 7 nitrogen and oxygen atoms in total. The highest BCUT2D eigenvalue weighted by Gasteiger charge is 2.15. The number of morpholine rings is 1. The molecule has 0 atom stereocenters. The molecule has 3 amide bonds. The fourth-order valence-corrected chi connectivity index (χ4v) is 1.75. The Balaban J connectivity index is 1.65. The summed E-state index contributed by atoms with van der Waals surface area (Å²) < 4.78 is 10.2. The second-order valence-electron chi connectivity index (χ2n) is 4.20. The zero-order chi connectivity index (χ0) is 13.5. The Labute approximate surface area is 110 Å². The number of hydrogen-bond acceptors (Lipinski definition) is 5. The fraction of sp³-hybridized carbons (Fsp3) is 0.500. The van der Waals surface area contributed by atoms with E-state index in [-0.39, 0.29) is 19.0 Å². The summed E-state index contributed by atoms with van der Waals surface area (Å²) in [5.74, 6) is 0.314. The Bertz CT molecular complexity index is 413. The monoisotopic (exact) mass is 267 g/mol. The molecule has 7 heteroatoms. The Hall–Kier alpha value is -1.86. The Morgan fingerprint density at radius 2 is 2.11 bits per heavy atom. The van der Waals surface area contributed by atoms with Crippen LogP contribution in [0.4, 0.5) is 4.79 Å². The van der Waals surface area contributed by atoms with Crippen molar-refractivity contribution in [1.29, 1.82) is 0 Å². The number of carbonyl (C=O) groups is 2. The van der Waals surface area contributed by atoms with Crippen LogP contribution in [0.15, 0.2) is 22.8 Å². The lowest BCUT2D eigenvalue weighted by atomic mass is 10.4. The van der Waals surface area contributed by atoms with E-state index in [4.69, 9.17) is 9.15 Å². The maximum absolute atomic E-state index is 11.6. The van der Waals surface area contributed by atoms with Crippen molar-refractivity contribution in [2.75, 3.05) is 32.8 Å². The molecule has 2 N–H and O–H groups in total. The standard InChI is InChI=1S/C12H17N3O4/c16-11(9-15-3-6-18-7-4-15)14-12(17)13-8-10-2-1-5-19-10/h1-2,5H,3-4,6-9H2,(H2,13,14,16,17). The predicted octanol–water partition coefficient (Wildman–Crippen LogP) is -0.0624. The third-order valence-corrected chi connectivity index (χ3v) is 2.73. The van der Waals surface area contributed by atoms with Gasteiger partial charge in [0.1, 0.15) is 5.76 Å². The number of hydrogen-bond donors (Lipinski definition) is 2. The molecule has 0 bridgehead atoms. The lowest BCUT2D eigenvalue weighted by Crippen LogP contribution is -2.47. The number of amides is 3. The molecule has 0 radical (unpaired) electrons. The SMILES string of the molecule is O=C(CN1CCOCC1)NC(=O)NCc1ccco1. The summed E-state index contributed by atoms with van der Waals surface area (Å²) in [6, 6.07) is 2.96. The summed E-state index contributed by atoms with van der Waals surface area (Å²) in [4.78, 5) is 25.0. The van der Waals surface area contributed by atoms with Gasteiger partial charge in [-0.05, 0) is 12.1 Å². The van der Waals surface area contributed by atoms with Crippen LogP contribution in [0.1, 0.15) is 5.76 Å². The average molecular weight is 267 g/mol. The van der Waals surface area contributed by atoms with Crippen molar-refractivity contribution >= 4 is 11.9 Å². The van der Waals surface area contributed by atoms with Crippen LogP contribution in [0, 0.1) is 0 Å². The van der Waals surface area contributed by atoms with Crippen LogP contribution in [-0.2, 0) is 16.1 Å². The van der Waals surface area contributed by atoms with Crippen molar-refractivity contribution in [2.45, 2.75) is 6.54 Å². The summed E-state index contributed by atoms with van der Waals surface area (Å²) in [5.41, 5.74) is 0. The summed E-state index contributed by atoms with van der Waals surface area (Å²) in [7, 11) is 0. The van der Waals surface area contributed by atoms with E-state index in [2.05, 4.69) is 10.6 Å². The number of carbonyl (C=O) groups excluding carboxylic acids is 2. The van der Waals surface area contributed by atoms with Gasteiger partial charge in [-0.3, -0.25) is 15.0 Å². The van der Waals surface area contributed by atoms with Crippen molar-refractivity contribution in [3.05, 3.63) is 24.2 Å². The number of nitrogens with zero attached hydrogens (tertiary/aromatic N) is 1. The molecule has 1 fully saturated rings. The highest BCUT2D eigenvalue weighted by atomic mass is 16.5. The molecule has 1 aromatic heterocycles. The zero-order valence-electron chi connectivity index (χ0n) is 10.6. The molecule has 1 saturated heterocycles. The number of rotatable bonds is 4. The van der Waals surface area contributed by atoms with Crippen LogP contribution in [0.2, 0.25) is 0 Å². The molecule has 0 aliphatic carbocycles. The van der Waals surface area contributed by atoms with Gasteiger partial charge < -0.3 is 14.5 Å². The molecular weight excluding hydrogens is 250 g/mol. The summed E-state index contributed by atoms with van der Waals surface area (Å²) >= 11 is 0. The predicted molar refractivity (Wildman–Crippen MR) is 66.3 cm³/mol. The smallest absolute Gasteiger partial charge is 0.321 e. The van der Waals surface area contributed by atoms with E-state index >= 15 is 0 Å². The van der Waals surface area contributed by atoms with Gasteiger partial charge in [-0.1, -0.05) is 0 Å². The molecular formula is C12H17N3O4. The minimum Gasteiger partial charge on any atom is -0.467 e. The molecule has 2 heterocycles. The Morgan fingerprint density at radius 3 is 2.79 bits per heavy atom. The van der Waals surface area contributed by atoms with Crippen molar-refractivity contribution < 1.29 is 18.7 Å². The van der Waals surface area contributed by atoms with Crippen LogP contribution in [0.3, 0.4) is 0 Å². The van der Waals surface area contributed by atoms with Crippen LogP contribution < -0.4 is 10.6 Å². The van der Waals surface area contributed by atoms with E-state index in [9.17, 15) is 9.59 Å². The topological polar surface area (TPSA) is 83.8 Å². The molecule has 1 aliphatic rings. The fourth-order valence-electron chi connectivity index (χ4n) is 1.75. The van der Waals surface area contributed by atoms with Gasteiger partial charge in [0, 0.05) is 13.1 Å². The Kier molecular flexibility index (Phi) is 4.93. The molecule has 1 aromatic rings. The van der Waals surface area contributed by atoms with Crippen LogP contribution >= 0.6 is 0 Å². The largest absolute Gasteiger partial charge is 0.467 e. The summed E-state index contributed by atoms with van der Waals surface area (Å²) in [6.45, 7) is 3.13. The molecule has 0 spiro atoms. The normalized spacial score (nSPS) is 16.0. The first kappa shape index (κ1) is 13.6. The van der Waals surface area contributed by atoms with E-state index in [0.717, 1.165) is 0 Å². The van der Waals surface area contributed by atoms with Crippen LogP contribution in [0.5, 0.6) is 0 Å². The van der Waals surface area contributed by atoms with Crippen molar-refractivity contribution in [1.82, 2.24) is 15.5 Å². The molecule has 19 heavy (non-hydrogen) atoms. The number of ether oxygens (including phenoxy) is 1.